The van der Waals surface area contributed by atoms with Crippen molar-refractivity contribution in [3.63, 3.8) is 0 Å². The minimum absolute atomic E-state index is 0.0244. The molecule has 1 N–H and O–H groups in total. The molecule has 162 valence electrons. The lowest BCUT2D eigenvalue weighted by Gasteiger charge is -2.23. The van der Waals surface area contributed by atoms with E-state index in [2.05, 4.69) is 32.2 Å². The van der Waals surface area contributed by atoms with Gasteiger partial charge in [-0.1, -0.05) is 39.0 Å². The van der Waals surface area contributed by atoms with E-state index < -0.39 is 0 Å². The first-order valence-corrected chi connectivity index (χ1v) is 10.8. The van der Waals surface area contributed by atoms with E-state index >= 15 is 0 Å². The largest absolute Gasteiger partial charge is 0.493 e. The van der Waals surface area contributed by atoms with Crippen molar-refractivity contribution in [2.75, 3.05) is 19.8 Å². The number of hydrogen-bond donors (Lipinski definition) is 1. The van der Waals surface area contributed by atoms with Crippen molar-refractivity contribution in [1.29, 1.82) is 0 Å². The Bertz CT molecular complexity index is 850. The second-order valence-electron chi connectivity index (χ2n) is 8.64. The molecule has 5 nitrogen and oxygen atoms in total. The van der Waals surface area contributed by atoms with E-state index in [4.69, 9.17) is 14.2 Å². The molecule has 3 rings (SSSR count). The van der Waals surface area contributed by atoms with Crippen molar-refractivity contribution >= 4 is 5.91 Å². The zero-order chi connectivity index (χ0) is 21.6. The molecule has 1 fully saturated rings. The topological polar surface area (TPSA) is 56.8 Å². The highest BCUT2D eigenvalue weighted by atomic mass is 16.5. The van der Waals surface area contributed by atoms with Crippen LogP contribution in [-0.4, -0.2) is 31.8 Å². The van der Waals surface area contributed by atoms with Gasteiger partial charge in [-0.15, -0.1) is 0 Å². The van der Waals surface area contributed by atoms with Crippen LogP contribution < -0.4 is 14.8 Å². The molecule has 0 aromatic heterocycles. The number of hydrogen-bond acceptors (Lipinski definition) is 4. The summed E-state index contributed by atoms with van der Waals surface area (Å²) in [5.41, 5.74) is 2.57. The average molecular weight is 412 g/mol. The van der Waals surface area contributed by atoms with Crippen molar-refractivity contribution in [2.45, 2.75) is 58.7 Å². The number of rotatable bonds is 8. The molecule has 30 heavy (non-hydrogen) atoms. The molecule has 1 aliphatic heterocycles. The van der Waals surface area contributed by atoms with Gasteiger partial charge in [-0.25, -0.2) is 0 Å². The van der Waals surface area contributed by atoms with Crippen molar-refractivity contribution in [1.82, 2.24) is 5.32 Å². The van der Waals surface area contributed by atoms with Crippen LogP contribution in [0.4, 0.5) is 0 Å². The molecule has 2 aromatic carbocycles. The zero-order valence-electron chi connectivity index (χ0n) is 18.5. The monoisotopic (exact) mass is 411 g/mol. The van der Waals surface area contributed by atoms with Crippen LogP contribution in [0.15, 0.2) is 42.5 Å². The number of nitrogens with one attached hydrogen (secondary N) is 1. The summed E-state index contributed by atoms with van der Waals surface area (Å²) in [5, 5.41) is 2.98. The predicted octanol–water partition coefficient (Wildman–Crippen LogP) is 4.87. The summed E-state index contributed by atoms with van der Waals surface area (Å²) in [4.78, 5) is 12.6. The van der Waals surface area contributed by atoms with E-state index in [1.807, 2.05) is 37.3 Å². The fourth-order valence-electron chi connectivity index (χ4n) is 3.61. The molecule has 1 atom stereocenters. The van der Waals surface area contributed by atoms with E-state index in [0.29, 0.717) is 25.3 Å². The first kappa shape index (κ1) is 22.2. The maximum atomic E-state index is 12.6. The Morgan fingerprint density at radius 1 is 1.13 bits per heavy atom. The quantitative estimate of drug-likeness (QED) is 0.673. The van der Waals surface area contributed by atoms with Gasteiger partial charge < -0.3 is 19.5 Å². The Labute approximate surface area is 179 Å². The van der Waals surface area contributed by atoms with Crippen LogP contribution in [0.1, 0.15) is 62.0 Å². The van der Waals surface area contributed by atoms with Gasteiger partial charge in [0.1, 0.15) is 18.1 Å². The number of carbonyl (C=O) groups excluding carboxylic acids is 1. The molecule has 1 unspecified atom stereocenters. The maximum absolute atomic E-state index is 12.6. The predicted molar refractivity (Wildman–Crippen MR) is 118 cm³/mol. The van der Waals surface area contributed by atoms with Gasteiger partial charge in [0.25, 0.3) is 5.91 Å². The third kappa shape index (κ3) is 5.76. The molecular formula is C25H33NO4. The van der Waals surface area contributed by atoms with Gasteiger partial charge in [-0.05, 0) is 55.0 Å². The van der Waals surface area contributed by atoms with Gasteiger partial charge in [-0.2, -0.15) is 0 Å². The summed E-state index contributed by atoms with van der Waals surface area (Å²) in [6.07, 6.45) is 2.17. The Balaban J connectivity index is 1.74. The van der Waals surface area contributed by atoms with Crippen LogP contribution in [0.25, 0.3) is 0 Å². The zero-order valence-corrected chi connectivity index (χ0v) is 18.5. The molecule has 0 bridgehead atoms. The minimum atomic E-state index is -0.107. The lowest BCUT2D eigenvalue weighted by atomic mass is 9.86. The SMILES string of the molecule is CCOc1ccc(C(=O)NCC2CCCO2)cc1COc1ccccc1C(C)(C)C. The van der Waals surface area contributed by atoms with E-state index in [-0.39, 0.29) is 17.4 Å². The lowest BCUT2D eigenvalue weighted by molar-refractivity contribution is 0.0857. The summed E-state index contributed by atoms with van der Waals surface area (Å²) in [5.74, 6) is 1.48. The number of ether oxygens (including phenoxy) is 3. The number of carbonyl (C=O) groups is 1. The van der Waals surface area contributed by atoms with Gasteiger partial charge in [0.15, 0.2) is 0 Å². The summed E-state index contributed by atoms with van der Waals surface area (Å²) in [6.45, 7) is 10.6. The average Bonchev–Trinajstić information content (AvgIpc) is 3.24. The molecule has 1 aliphatic rings. The second kappa shape index (κ2) is 9.98. The molecule has 0 aliphatic carbocycles. The summed E-state index contributed by atoms with van der Waals surface area (Å²) < 4.78 is 17.5. The molecule has 5 heteroatoms. The van der Waals surface area contributed by atoms with Crippen LogP contribution in [0.2, 0.25) is 0 Å². The van der Waals surface area contributed by atoms with E-state index in [9.17, 15) is 4.79 Å². The van der Waals surface area contributed by atoms with Crippen LogP contribution in [0.5, 0.6) is 11.5 Å². The first-order chi connectivity index (χ1) is 14.4. The fourth-order valence-corrected chi connectivity index (χ4v) is 3.61. The Morgan fingerprint density at radius 3 is 2.63 bits per heavy atom. The third-order valence-corrected chi connectivity index (χ3v) is 5.22. The first-order valence-electron chi connectivity index (χ1n) is 10.8. The summed E-state index contributed by atoms with van der Waals surface area (Å²) in [6, 6.07) is 13.6. The van der Waals surface area contributed by atoms with E-state index in [0.717, 1.165) is 42.1 Å². The highest BCUT2D eigenvalue weighted by Crippen LogP contribution is 2.32. The molecule has 0 spiro atoms. The maximum Gasteiger partial charge on any atom is 0.251 e. The molecule has 2 aromatic rings. The standard InChI is InChI=1S/C25H33NO4/c1-5-28-22-13-12-18(24(27)26-16-20-9-8-14-29-20)15-19(22)17-30-23-11-7-6-10-21(23)25(2,3)4/h6-7,10-13,15,20H,5,8-9,14,16-17H2,1-4H3,(H,26,27). The lowest BCUT2D eigenvalue weighted by Crippen LogP contribution is -2.31. The Kier molecular flexibility index (Phi) is 7.38. The van der Waals surface area contributed by atoms with Crippen LogP contribution in [0.3, 0.4) is 0 Å². The number of amides is 1. The fraction of sp³-hybridized carbons (Fsp3) is 0.480. The molecule has 0 saturated carbocycles. The summed E-state index contributed by atoms with van der Waals surface area (Å²) in [7, 11) is 0. The van der Waals surface area contributed by atoms with Gasteiger partial charge in [0, 0.05) is 24.3 Å². The van der Waals surface area contributed by atoms with Gasteiger partial charge >= 0.3 is 0 Å². The van der Waals surface area contributed by atoms with Gasteiger partial charge in [-0.3, -0.25) is 4.79 Å². The van der Waals surface area contributed by atoms with Gasteiger partial charge in [0.2, 0.25) is 0 Å². The molecular weight excluding hydrogens is 378 g/mol. The van der Waals surface area contributed by atoms with Crippen LogP contribution in [0, 0.1) is 0 Å². The Hall–Kier alpha value is -2.53. The van der Waals surface area contributed by atoms with E-state index in [1.54, 1.807) is 6.07 Å². The summed E-state index contributed by atoms with van der Waals surface area (Å²) >= 11 is 0. The van der Waals surface area contributed by atoms with Crippen molar-refractivity contribution < 1.29 is 19.0 Å². The van der Waals surface area contributed by atoms with Gasteiger partial charge in [0.05, 0.1) is 12.7 Å². The number of para-hydroxylation sites is 1. The highest BCUT2D eigenvalue weighted by Gasteiger charge is 2.20. The molecule has 0 radical (unpaired) electrons. The molecule has 1 saturated heterocycles. The van der Waals surface area contributed by atoms with Crippen LogP contribution >= 0.6 is 0 Å². The van der Waals surface area contributed by atoms with Crippen molar-refractivity contribution in [3.8, 4) is 11.5 Å². The van der Waals surface area contributed by atoms with E-state index in [1.165, 1.54) is 0 Å². The normalized spacial score (nSPS) is 16.3. The third-order valence-electron chi connectivity index (χ3n) is 5.22. The van der Waals surface area contributed by atoms with Crippen molar-refractivity contribution in [2.24, 2.45) is 0 Å². The smallest absolute Gasteiger partial charge is 0.251 e. The van der Waals surface area contributed by atoms with Crippen LogP contribution in [-0.2, 0) is 16.8 Å². The Morgan fingerprint density at radius 2 is 1.93 bits per heavy atom. The molecule has 1 amide bonds. The van der Waals surface area contributed by atoms with Crippen molar-refractivity contribution in [3.05, 3.63) is 59.2 Å². The second-order valence-corrected chi connectivity index (χ2v) is 8.64. The minimum Gasteiger partial charge on any atom is -0.493 e. The highest BCUT2D eigenvalue weighted by molar-refractivity contribution is 5.94. The molecule has 1 heterocycles. The number of benzene rings is 2.